The Hall–Kier alpha value is -3.01. The molecule has 136 valence electrons. The van der Waals surface area contributed by atoms with Crippen LogP contribution in [0, 0.1) is 0 Å². The summed E-state index contributed by atoms with van der Waals surface area (Å²) in [5.74, 6) is -0.639. The number of para-hydroxylation sites is 1. The Morgan fingerprint density at radius 3 is 2.48 bits per heavy atom. The van der Waals surface area contributed by atoms with Crippen molar-refractivity contribution >= 4 is 22.7 Å². The summed E-state index contributed by atoms with van der Waals surface area (Å²) in [6, 6.07) is 16.5. The van der Waals surface area contributed by atoms with Crippen LogP contribution in [0.2, 0.25) is 0 Å². The number of esters is 1. The lowest BCUT2D eigenvalue weighted by Crippen LogP contribution is -2.26. The van der Waals surface area contributed by atoms with Crippen LogP contribution in [-0.2, 0) is 17.6 Å². The van der Waals surface area contributed by atoms with Crippen molar-refractivity contribution in [3.05, 3.63) is 77.0 Å². The zero-order chi connectivity index (χ0) is 18.8. The second-order valence-corrected chi connectivity index (χ2v) is 6.91. The topological polar surface area (TPSA) is 56.3 Å². The number of nitrogens with zero attached hydrogens (tertiary/aromatic N) is 1. The van der Waals surface area contributed by atoms with E-state index in [1.165, 1.54) is 0 Å². The van der Waals surface area contributed by atoms with Crippen LogP contribution in [0.15, 0.2) is 54.6 Å². The van der Waals surface area contributed by atoms with E-state index in [1.54, 1.807) is 31.2 Å². The smallest absolute Gasteiger partial charge is 0.339 e. The number of pyridine rings is 1. The number of Topliss-reactive ketones (excluding diaryl/α,β-unsaturated/α-hetero) is 1. The average molecular weight is 359 g/mol. The molecule has 27 heavy (non-hydrogen) atoms. The van der Waals surface area contributed by atoms with E-state index in [-0.39, 0.29) is 5.78 Å². The van der Waals surface area contributed by atoms with Gasteiger partial charge in [0.05, 0.1) is 11.1 Å². The van der Waals surface area contributed by atoms with Gasteiger partial charge in [-0.25, -0.2) is 4.79 Å². The van der Waals surface area contributed by atoms with Gasteiger partial charge in [0, 0.05) is 16.6 Å². The molecule has 1 aliphatic rings. The van der Waals surface area contributed by atoms with E-state index in [2.05, 4.69) is 0 Å². The first kappa shape index (κ1) is 17.4. The Bertz CT molecular complexity index is 1010. The summed E-state index contributed by atoms with van der Waals surface area (Å²) in [6.07, 6.45) is 2.96. The lowest BCUT2D eigenvalue weighted by Gasteiger charge is -2.21. The van der Waals surface area contributed by atoms with Gasteiger partial charge in [-0.1, -0.05) is 48.5 Å². The minimum atomic E-state index is -0.842. The Balaban J connectivity index is 1.69. The highest BCUT2D eigenvalue weighted by Gasteiger charge is 2.26. The number of carbonyl (C=O) groups is 2. The molecule has 4 rings (SSSR count). The molecule has 4 heteroatoms. The second kappa shape index (κ2) is 7.31. The van der Waals surface area contributed by atoms with Gasteiger partial charge in [0.2, 0.25) is 5.78 Å². The number of carbonyl (C=O) groups excluding carboxylic acids is 2. The van der Waals surface area contributed by atoms with Crippen molar-refractivity contribution < 1.29 is 14.3 Å². The van der Waals surface area contributed by atoms with Crippen molar-refractivity contribution in [1.29, 1.82) is 0 Å². The highest BCUT2D eigenvalue weighted by atomic mass is 16.5. The summed E-state index contributed by atoms with van der Waals surface area (Å²) < 4.78 is 5.61. The third kappa shape index (κ3) is 3.35. The molecule has 0 aliphatic heterocycles. The van der Waals surface area contributed by atoms with Gasteiger partial charge in [0.1, 0.15) is 0 Å². The summed E-state index contributed by atoms with van der Waals surface area (Å²) in [5, 5.41) is 0.794. The number of ketones is 1. The summed E-state index contributed by atoms with van der Waals surface area (Å²) in [4.78, 5) is 30.4. The standard InChI is InChI=1S/C23H21NO3/c1-15(22(25)16-9-3-2-4-10-16)27-23(26)21-17-11-5-7-13-19(17)24-20-14-8-6-12-18(20)21/h2-5,7,9-11,13,15H,6,8,12,14H2,1H3/t15-/m1/s1. The Labute approximate surface area is 158 Å². The molecule has 3 aromatic rings. The molecule has 0 fully saturated rings. The van der Waals surface area contributed by atoms with Crippen molar-refractivity contribution in [3.8, 4) is 0 Å². The quantitative estimate of drug-likeness (QED) is 0.507. The van der Waals surface area contributed by atoms with Crippen LogP contribution in [0.4, 0.5) is 0 Å². The number of rotatable bonds is 4. The van der Waals surface area contributed by atoms with Crippen molar-refractivity contribution in [2.45, 2.75) is 38.7 Å². The fourth-order valence-corrected chi connectivity index (χ4v) is 3.72. The largest absolute Gasteiger partial charge is 0.451 e. The third-order valence-corrected chi connectivity index (χ3v) is 5.08. The molecule has 1 aromatic heterocycles. The molecule has 0 unspecified atom stereocenters. The average Bonchev–Trinajstić information content (AvgIpc) is 2.71. The van der Waals surface area contributed by atoms with E-state index >= 15 is 0 Å². The number of aryl methyl sites for hydroxylation is 1. The molecule has 0 N–H and O–H groups in total. The first-order valence-corrected chi connectivity index (χ1v) is 9.36. The van der Waals surface area contributed by atoms with E-state index in [0.717, 1.165) is 47.8 Å². The van der Waals surface area contributed by atoms with Gasteiger partial charge >= 0.3 is 5.97 Å². The summed E-state index contributed by atoms with van der Waals surface area (Å²) in [7, 11) is 0. The SMILES string of the molecule is C[C@@H](OC(=O)c1c2c(nc3ccccc13)CCCC2)C(=O)c1ccccc1. The van der Waals surface area contributed by atoms with Crippen LogP contribution in [0.1, 0.15) is 51.7 Å². The molecule has 1 aliphatic carbocycles. The van der Waals surface area contributed by atoms with Gasteiger partial charge in [0.25, 0.3) is 0 Å². The molecule has 1 atom stereocenters. The lowest BCUT2D eigenvalue weighted by molar-refractivity contribution is 0.0319. The zero-order valence-electron chi connectivity index (χ0n) is 15.3. The maximum atomic E-state index is 13.1. The van der Waals surface area contributed by atoms with Crippen LogP contribution in [0.25, 0.3) is 10.9 Å². The number of hydrogen-bond donors (Lipinski definition) is 0. The fourth-order valence-electron chi connectivity index (χ4n) is 3.72. The van der Waals surface area contributed by atoms with Crippen LogP contribution >= 0.6 is 0 Å². The summed E-state index contributed by atoms with van der Waals surface area (Å²) in [5.41, 5.74) is 3.87. The molecule has 0 saturated heterocycles. The number of aromatic nitrogens is 1. The van der Waals surface area contributed by atoms with Crippen LogP contribution < -0.4 is 0 Å². The van der Waals surface area contributed by atoms with E-state index in [0.29, 0.717) is 11.1 Å². The van der Waals surface area contributed by atoms with E-state index in [9.17, 15) is 9.59 Å². The highest BCUT2D eigenvalue weighted by molar-refractivity contribution is 6.07. The number of fused-ring (bicyclic) bond motifs is 2. The second-order valence-electron chi connectivity index (χ2n) is 6.91. The van der Waals surface area contributed by atoms with Gasteiger partial charge in [-0.05, 0) is 44.2 Å². The van der Waals surface area contributed by atoms with Gasteiger partial charge in [-0.2, -0.15) is 0 Å². The third-order valence-electron chi connectivity index (χ3n) is 5.08. The molecule has 4 nitrogen and oxygen atoms in total. The molecule has 0 saturated carbocycles. The molecular formula is C23H21NO3. The lowest BCUT2D eigenvalue weighted by atomic mass is 9.90. The number of hydrogen-bond acceptors (Lipinski definition) is 4. The Morgan fingerprint density at radius 2 is 1.67 bits per heavy atom. The first-order valence-electron chi connectivity index (χ1n) is 9.36. The molecule has 0 bridgehead atoms. The number of ether oxygens (including phenoxy) is 1. The van der Waals surface area contributed by atoms with E-state index < -0.39 is 12.1 Å². The highest BCUT2D eigenvalue weighted by Crippen LogP contribution is 2.30. The van der Waals surface area contributed by atoms with Crippen molar-refractivity contribution in [2.75, 3.05) is 0 Å². The molecule has 2 aromatic carbocycles. The predicted octanol–water partition coefficient (Wildman–Crippen LogP) is 4.54. The normalized spacial score (nSPS) is 14.4. The minimum Gasteiger partial charge on any atom is -0.451 e. The molecule has 1 heterocycles. The molecule has 0 radical (unpaired) electrons. The van der Waals surface area contributed by atoms with Crippen molar-refractivity contribution in [3.63, 3.8) is 0 Å². The van der Waals surface area contributed by atoms with Gasteiger partial charge in [-0.15, -0.1) is 0 Å². The maximum Gasteiger partial charge on any atom is 0.339 e. The molecule has 0 amide bonds. The zero-order valence-corrected chi connectivity index (χ0v) is 15.3. The van der Waals surface area contributed by atoms with E-state index in [4.69, 9.17) is 9.72 Å². The molecule has 0 spiro atoms. The molecular weight excluding hydrogens is 338 g/mol. The maximum absolute atomic E-state index is 13.1. The number of benzene rings is 2. The van der Waals surface area contributed by atoms with Crippen LogP contribution in [0.5, 0.6) is 0 Å². The van der Waals surface area contributed by atoms with E-state index in [1.807, 2.05) is 30.3 Å². The first-order chi connectivity index (χ1) is 13.1. The minimum absolute atomic E-state index is 0.198. The Morgan fingerprint density at radius 1 is 0.963 bits per heavy atom. The Kier molecular flexibility index (Phi) is 4.71. The van der Waals surface area contributed by atoms with Gasteiger partial charge in [-0.3, -0.25) is 9.78 Å². The summed E-state index contributed by atoms with van der Waals surface area (Å²) >= 11 is 0. The van der Waals surface area contributed by atoms with Gasteiger partial charge < -0.3 is 4.74 Å². The predicted molar refractivity (Wildman–Crippen MR) is 104 cm³/mol. The monoisotopic (exact) mass is 359 g/mol. The van der Waals surface area contributed by atoms with Crippen molar-refractivity contribution in [1.82, 2.24) is 4.98 Å². The summed E-state index contributed by atoms with van der Waals surface area (Å²) in [6.45, 7) is 1.63. The van der Waals surface area contributed by atoms with Gasteiger partial charge in [0.15, 0.2) is 6.10 Å². The fraction of sp³-hybridized carbons (Fsp3) is 0.261. The van der Waals surface area contributed by atoms with Crippen molar-refractivity contribution in [2.24, 2.45) is 0 Å². The van der Waals surface area contributed by atoms with Crippen LogP contribution in [-0.4, -0.2) is 22.8 Å². The van der Waals surface area contributed by atoms with Crippen LogP contribution in [0.3, 0.4) is 0 Å².